The number of carbonyl (C=O) groups is 3. The van der Waals surface area contributed by atoms with Crippen molar-refractivity contribution in [2.75, 3.05) is 49.9 Å². The maximum Gasteiger partial charge on any atom is 0.287 e. The van der Waals surface area contributed by atoms with Gasteiger partial charge < -0.3 is 37.6 Å². The van der Waals surface area contributed by atoms with Gasteiger partial charge in [0.05, 0.1) is 22.5 Å². The molecule has 1 aliphatic carbocycles. The average molecular weight is 450 g/mol. The Morgan fingerprint density at radius 2 is 1.36 bits per heavy atom. The summed E-state index contributed by atoms with van der Waals surface area (Å²) in [7, 11) is 0. The van der Waals surface area contributed by atoms with Gasteiger partial charge in [-0.05, 0) is 6.07 Å². The van der Waals surface area contributed by atoms with Crippen molar-refractivity contribution < 1.29 is 18.8 Å². The fourth-order valence-corrected chi connectivity index (χ4v) is 3.99. The molecule has 0 unspecified atom stereocenters. The second kappa shape index (κ2) is 9.41. The van der Waals surface area contributed by atoms with Crippen molar-refractivity contribution in [1.29, 1.82) is 0 Å². The van der Waals surface area contributed by atoms with Gasteiger partial charge in [0.25, 0.3) is 5.91 Å². The Morgan fingerprint density at radius 3 is 1.94 bits per heavy atom. The highest BCUT2D eigenvalue weighted by Crippen LogP contribution is 2.44. The zero-order chi connectivity index (χ0) is 23.5. The fourth-order valence-electron chi connectivity index (χ4n) is 3.99. The Morgan fingerprint density at radius 1 is 0.818 bits per heavy atom. The summed E-state index contributed by atoms with van der Waals surface area (Å²) in [5.74, 6) is -1.04. The molecular formula is C23H26N6O4. The average Bonchev–Trinajstić information content (AvgIpc) is 3.28. The molecule has 0 bridgehead atoms. The summed E-state index contributed by atoms with van der Waals surface area (Å²) in [5, 5.41) is 9.44. The molecule has 1 heterocycles. The first kappa shape index (κ1) is 22.5. The van der Waals surface area contributed by atoms with E-state index in [0.29, 0.717) is 47.5 Å². The Balaban J connectivity index is 2.03. The van der Waals surface area contributed by atoms with Crippen molar-refractivity contribution in [3.8, 4) is 0 Å². The van der Waals surface area contributed by atoms with Gasteiger partial charge in [0, 0.05) is 55.8 Å². The summed E-state index contributed by atoms with van der Waals surface area (Å²) < 4.78 is 5.92. The molecule has 1 amide bonds. The molecular weight excluding hydrogens is 424 g/mol. The van der Waals surface area contributed by atoms with Crippen LogP contribution in [0.2, 0.25) is 0 Å². The van der Waals surface area contributed by atoms with Crippen LogP contribution in [0, 0.1) is 0 Å². The predicted octanol–water partition coefficient (Wildman–Crippen LogP) is 0.638. The number of hydrogen-bond acceptors (Lipinski definition) is 9. The van der Waals surface area contributed by atoms with Gasteiger partial charge in [-0.3, -0.25) is 14.4 Å². The largest absolute Gasteiger partial charge is 0.449 e. The molecule has 33 heavy (non-hydrogen) atoms. The summed E-state index contributed by atoms with van der Waals surface area (Å²) in [4.78, 5) is 39.7. The van der Waals surface area contributed by atoms with Gasteiger partial charge in [-0.15, -0.1) is 0 Å². The van der Waals surface area contributed by atoms with Crippen molar-refractivity contribution in [2.24, 2.45) is 17.2 Å². The molecule has 0 atom stereocenters. The minimum absolute atomic E-state index is 0.0322. The van der Waals surface area contributed by atoms with Crippen LogP contribution in [0.4, 0.5) is 11.4 Å². The molecule has 4 rings (SSSR count). The standard InChI is InChI=1S/C23H26N6O4/c24-5-8-27-18-14-11-15(23(32)29-10-7-26)33-22(14)19(28-9-6-25)17-16(18)20(30)12-3-1-2-4-13(12)21(17)31/h1-4,11,27-28H,5-10,24-26H2,(H,29,32). The number of benzene rings is 2. The molecule has 9 N–H and O–H groups in total. The maximum atomic E-state index is 13.6. The number of ketones is 2. The van der Waals surface area contributed by atoms with Crippen molar-refractivity contribution in [3.05, 3.63) is 58.3 Å². The predicted molar refractivity (Wildman–Crippen MR) is 126 cm³/mol. The number of amides is 1. The minimum atomic E-state index is -0.454. The third-order valence-electron chi connectivity index (χ3n) is 5.39. The summed E-state index contributed by atoms with van der Waals surface area (Å²) in [6, 6.07) is 8.22. The highest BCUT2D eigenvalue weighted by Gasteiger charge is 2.37. The third-order valence-corrected chi connectivity index (χ3v) is 5.39. The van der Waals surface area contributed by atoms with E-state index in [1.165, 1.54) is 0 Å². The summed E-state index contributed by atoms with van der Waals surface area (Å²) >= 11 is 0. The lowest BCUT2D eigenvalue weighted by molar-refractivity contribution is 0.0928. The monoisotopic (exact) mass is 450 g/mol. The highest BCUT2D eigenvalue weighted by atomic mass is 16.3. The molecule has 1 aromatic heterocycles. The molecule has 172 valence electrons. The normalized spacial score (nSPS) is 12.5. The Kier molecular flexibility index (Phi) is 6.40. The van der Waals surface area contributed by atoms with Crippen LogP contribution in [0.3, 0.4) is 0 Å². The SMILES string of the molecule is NCCNC(=O)c1cc2c(NCCN)c3c(c(NCCN)c2o1)C(=O)c1ccccc1C3=O. The van der Waals surface area contributed by atoms with Gasteiger partial charge in [0.1, 0.15) is 0 Å². The van der Waals surface area contributed by atoms with Gasteiger partial charge >= 0.3 is 0 Å². The van der Waals surface area contributed by atoms with Crippen LogP contribution < -0.4 is 33.2 Å². The number of hydrogen-bond donors (Lipinski definition) is 6. The van der Waals surface area contributed by atoms with E-state index in [-0.39, 0.29) is 53.7 Å². The zero-order valence-corrected chi connectivity index (χ0v) is 18.0. The number of nitrogens with one attached hydrogen (secondary N) is 3. The fraction of sp³-hybridized carbons (Fsp3) is 0.261. The topological polar surface area (TPSA) is 178 Å². The van der Waals surface area contributed by atoms with Crippen LogP contribution in [0.15, 0.2) is 34.7 Å². The molecule has 1 aliphatic rings. The lowest BCUT2D eigenvalue weighted by Gasteiger charge is -2.24. The van der Waals surface area contributed by atoms with E-state index in [1.54, 1.807) is 30.3 Å². The minimum Gasteiger partial charge on any atom is -0.449 e. The van der Waals surface area contributed by atoms with Crippen LogP contribution in [0.5, 0.6) is 0 Å². The van der Waals surface area contributed by atoms with Crippen molar-refractivity contribution >= 4 is 39.8 Å². The van der Waals surface area contributed by atoms with Crippen LogP contribution in [-0.2, 0) is 0 Å². The van der Waals surface area contributed by atoms with Gasteiger partial charge in [-0.1, -0.05) is 24.3 Å². The molecule has 10 heteroatoms. The second-order valence-electron chi connectivity index (χ2n) is 7.53. The van der Waals surface area contributed by atoms with E-state index in [9.17, 15) is 14.4 Å². The second-order valence-corrected chi connectivity index (χ2v) is 7.53. The quantitative estimate of drug-likeness (QED) is 0.200. The van der Waals surface area contributed by atoms with Crippen molar-refractivity contribution in [3.63, 3.8) is 0 Å². The van der Waals surface area contributed by atoms with E-state index in [1.807, 2.05) is 0 Å². The van der Waals surface area contributed by atoms with Gasteiger partial charge in [-0.25, -0.2) is 0 Å². The summed E-state index contributed by atoms with van der Waals surface area (Å²) in [6.07, 6.45) is 0. The third kappa shape index (κ3) is 3.84. The number of fused-ring (bicyclic) bond motifs is 3. The Hall–Kier alpha value is -3.73. The van der Waals surface area contributed by atoms with Crippen LogP contribution in [0.25, 0.3) is 11.0 Å². The van der Waals surface area contributed by atoms with Crippen molar-refractivity contribution in [2.45, 2.75) is 0 Å². The first-order valence-electron chi connectivity index (χ1n) is 10.7. The number of anilines is 2. The molecule has 3 aromatic rings. The lowest BCUT2D eigenvalue weighted by atomic mass is 9.81. The van der Waals surface area contributed by atoms with Crippen molar-refractivity contribution in [1.82, 2.24) is 5.32 Å². The molecule has 0 aliphatic heterocycles. The van der Waals surface area contributed by atoms with Crippen LogP contribution in [-0.4, -0.2) is 56.7 Å². The smallest absolute Gasteiger partial charge is 0.287 e. The molecule has 0 fully saturated rings. The van der Waals surface area contributed by atoms with E-state index in [4.69, 9.17) is 21.6 Å². The highest BCUT2D eigenvalue weighted by molar-refractivity contribution is 6.35. The molecule has 0 spiro atoms. The summed E-state index contributed by atoms with van der Waals surface area (Å²) in [5.41, 5.74) is 18.9. The maximum absolute atomic E-state index is 13.6. The van der Waals surface area contributed by atoms with Gasteiger partial charge in [-0.2, -0.15) is 0 Å². The number of furan rings is 1. The van der Waals surface area contributed by atoms with E-state index in [2.05, 4.69) is 16.0 Å². The molecule has 0 radical (unpaired) electrons. The Bertz CT molecular complexity index is 1170. The number of rotatable bonds is 9. The van der Waals surface area contributed by atoms with E-state index in [0.717, 1.165) is 0 Å². The Labute approximate surface area is 189 Å². The molecule has 0 saturated carbocycles. The number of nitrogens with two attached hydrogens (primary N) is 3. The van der Waals surface area contributed by atoms with Crippen LogP contribution >= 0.6 is 0 Å². The zero-order valence-electron chi connectivity index (χ0n) is 18.0. The van der Waals surface area contributed by atoms with Crippen LogP contribution in [0.1, 0.15) is 42.4 Å². The lowest BCUT2D eigenvalue weighted by Crippen LogP contribution is -2.28. The molecule has 0 saturated heterocycles. The van der Waals surface area contributed by atoms with E-state index >= 15 is 0 Å². The first-order chi connectivity index (χ1) is 16.0. The van der Waals surface area contributed by atoms with E-state index < -0.39 is 5.91 Å². The van der Waals surface area contributed by atoms with Gasteiger partial charge in [0.2, 0.25) is 0 Å². The summed E-state index contributed by atoms with van der Waals surface area (Å²) in [6.45, 7) is 1.80. The first-order valence-corrected chi connectivity index (χ1v) is 10.7. The molecule has 10 nitrogen and oxygen atoms in total. The molecule has 2 aromatic carbocycles. The van der Waals surface area contributed by atoms with Gasteiger partial charge in [0.15, 0.2) is 22.9 Å². The number of carbonyl (C=O) groups excluding carboxylic acids is 3.